The molecule has 6 nitrogen and oxygen atoms in total. The van der Waals surface area contributed by atoms with Crippen molar-refractivity contribution in [3.63, 3.8) is 0 Å². The van der Waals surface area contributed by atoms with Crippen LogP contribution in [0.15, 0.2) is 42.7 Å². The summed E-state index contributed by atoms with van der Waals surface area (Å²) in [5.74, 6) is -0.139. The molecule has 0 radical (unpaired) electrons. The van der Waals surface area contributed by atoms with E-state index >= 15 is 0 Å². The summed E-state index contributed by atoms with van der Waals surface area (Å²) >= 11 is 0. The lowest BCUT2D eigenvalue weighted by atomic mass is 10.1. The molecule has 1 aromatic heterocycles. The van der Waals surface area contributed by atoms with Crippen LogP contribution in [0.4, 0.5) is 0 Å². The lowest BCUT2D eigenvalue weighted by Crippen LogP contribution is -2.30. The number of benzene rings is 1. The maximum absolute atomic E-state index is 12.0. The highest BCUT2D eigenvalue weighted by atomic mass is 16.2. The van der Waals surface area contributed by atoms with E-state index in [4.69, 9.17) is 0 Å². The summed E-state index contributed by atoms with van der Waals surface area (Å²) in [6.07, 6.45) is 3.40. The minimum atomic E-state index is -0.357. The topological polar surface area (TPSA) is 67.2 Å². The first-order valence-corrected chi connectivity index (χ1v) is 7.06. The predicted molar refractivity (Wildman–Crippen MR) is 83.2 cm³/mol. The first-order chi connectivity index (χ1) is 10.5. The van der Waals surface area contributed by atoms with Gasteiger partial charge in [-0.2, -0.15) is 5.10 Å². The minimum absolute atomic E-state index is 0.0390. The predicted octanol–water partition coefficient (Wildman–Crippen LogP) is 1.46. The molecule has 2 rings (SSSR count). The van der Waals surface area contributed by atoms with E-state index in [1.165, 1.54) is 4.90 Å². The SMILES string of the molecule is CC(C(=O)NCc1ccc(C(=O)N(C)C)cc1)n1cccn1. The third-order valence-electron chi connectivity index (χ3n) is 3.37. The van der Waals surface area contributed by atoms with Crippen LogP contribution in [-0.2, 0) is 11.3 Å². The number of carbonyl (C=O) groups excluding carboxylic acids is 2. The van der Waals surface area contributed by atoms with Gasteiger partial charge in [0, 0.05) is 38.6 Å². The van der Waals surface area contributed by atoms with Crippen molar-refractivity contribution >= 4 is 11.8 Å². The molecule has 0 fully saturated rings. The molecule has 2 amide bonds. The molecule has 0 bridgehead atoms. The smallest absolute Gasteiger partial charge is 0.253 e. The van der Waals surface area contributed by atoms with Crippen molar-refractivity contribution in [3.8, 4) is 0 Å². The van der Waals surface area contributed by atoms with Crippen molar-refractivity contribution in [3.05, 3.63) is 53.9 Å². The molecule has 0 aliphatic rings. The van der Waals surface area contributed by atoms with Crippen molar-refractivity contribution < 1.29 is 9.59 Å². The van der Waals surface area contributed by atoms with Gasteiger partial charge in [0.2, 0.25) is 5.91 Å². The zero-order chi connectivity index (χ0) is 16.1. The molecular weight excluding hydrogens is 280 g/mol. The normalized spacial score (nSPS) is 11.8. The fraction of sp³-hybridized carbons (Fsp3) is 0.312. The largest absolute Gasteiger partial charge is 0.350 e. The summed E-state index contributed by atoms with van der Waals surface area (Å²) in [6.45, 7) is 2.21. The van der Waals surface area contributed by atoms with Gasteiger partial charge in [0.05, 0.1) is 0 Å². The van der Waals surface area contributed by atoms with Crippen molar-refractivity contribution in [2.45, 2.75) is 19.5 Å². The van der Waals surface area contributed by atoms with Gasteiger partial charge in [-0.1, -0.05) is 12.1 Å². The van der Waals surface area contributed by atoms with Crippen LogP contribution in [0, 0.1) is 0 Å². The Hall–Kier alpha value is -2.63. The van der Waals surface area contributed by atoms with E-state index in [1.807, 2.05) is 12.1 Å². The number of hydrogen-bond donors (Lipinski definition) is 1. The Bertz CT molecular complexity index is 633. The summed E-state index contributed by atoms with van der Waals surface area (Å²) in [5.41, 5.74) is 1.57. The molecule has 1 aromatic carbocycles. The van der Waals surface area contributed by atoms with E-state index in [0.717, 1.165) is 5.56 Å². The van der Waals surface area contributed by atoms with Crippen LogP contribution in [-0.4, -0.2) is 40.6 Å². The van der Waals surface area contributed by atoms with Gasteiger partial charge < -0.3 is 10.2 Å². The fourth-order valence-corrected chi connectivity index (χ4v) is 1.99. The number of hydrogen-bond acceptors (Lipinski definition) is 3. The lowest BCUT2D eigenvalue weighted by Gasteiger charge is -2.13. The standard InChI is InChI=1S/C16H20N4O2/c1-12(20-10-4-9-18-20)15(21)17-11-13-5-7-14(8-6-13)16(22)19(2)3/h4-10,12H,11H2,1-3H3,(H,17,21). The first kappa shape index (κ1) is 15.8. The quantitative estimate of drug-likeness (QED) is 0.909. The molecule has 2 aromatic rings. The van der Waals surface area contributed by atoms with Crippen molar-refractivity contribution in [2.75, 3.05) is 14.1 Å². The van der Waals surface area contributed by atoms with E-state index in [0.29, 0.717) is 12.1 Å². The number of nitrogens with zero attached hydrogens (tertiary/aromatic N) is 3. The lowest BCUT2D eigenvalue weighted by molar-refractivity contribution is -0.124. The molecule has 0 aliphatic carbocycles. The van der Waals surface area contributed by atoms with Gasteiger partial charge in [-0.05, 0) is 30.7 Å². The van der Waals surface area contributed by atoms with Gasteiger partial charge >= 0.3 is 0 Å². The van der Waals surface area contributed by atoms with Gasteiger partial charge in [-0.15, -0.1) is 0 Å². The molecule has 1 unspecified atom stereocenters. The average Bonchev–Trinajstić information content (AvgIpc) is 3.06. The summed E-state index contributed by atoms with van der Waals surface area (Å²) in [5, 5.41) is 6.92. The molecule has 1 N–H and O–H groups in total. The summed E-state index contributed by atoms with van der Waals surface area (Å²) < 4.78 is 1.61. The molecule has 0 aliphatic heterocycles. The molecule has 0 saturated heterocycles. The van der Waals surface area contributed by atoms with Crippen LogP contribution in [0.5, 0.6) is 0 Å². The van der Waals surface area contributed by atoms with Crippen LogP contribution in [0.3, 0.4) is 0 Å². The van der Waals surface area contributed by atoms with Crippen LogP contribution in [0.2, 0.25) is 0 Å². The highest BCUT2D eigenvalue weighted by Crippen LogP contribution is 2.08. The molecule has 1 heterocycles. The number of carbonyl (C=O) groups is 2. The van der Waals surface area contributed by atoms with Gasteiger partial charge in [0.1, 0.15) is 6.04 Å². The van der Waals surface area contributed by atoms with Crippen molar-refractivity contribution in [1.82, 2.24) is 20.0 Å². The number of aromatic nitrogens is 2. The Morgan fingerprint density at radius 2 is 1.95 bits per heavy atom. The van der Waals surface area contributed by atoms with Crippen LogP contribution < -0.4 is 5.32 Å². The molecule has 1 atom stereocenters. The number of nitrogens with one attached hydrogen (secondary N) is 1. The Morgan fingerprint density at radius 3 is 2.50 bits per heavy atom. The van der Waals surface area contributed by atoms with E-state index in [-0.39, 0.29) is 17.9 Å². The first-order valence-electron chi connectivity index (χ1n) is 7.06. The summed E-state index contributed by atoms with van der Waals surface area (Å²) in [4.78, 5) is 25.4. The van der Waals surface area contributed by atoms with Gasteiger partial charge in [-0.3, -0.25) is 14.3 Å². The zero-order valence-electron chi connectivity index (χ0n) is 13.0. The second kappa shape index (κ2) is 6.89. The third kappa shape index (κ3) is 3.72. The second-order valence-electron chi connectivity index (χ2n) is 5.28. The monoisotopic (exact) mass is 300 g/mol. The van der Waals surface area contributed by atoms with E-state index in [9.17, 15) is 9.59 Å². The molecule has 0 saturated carbocycles. The van der Waals surface area contributed by atoms with Crippen LogP contribution >= 0.6 is 0 Å². The van der Waals surface area contributed by atoms with E-state index in [2.05, 4.69) is 10.4 Å². The molecular formula is C16H20N4O2. The molecule has 6 heteroatoms. The van der Waals surface area contributed by atoms with Gasteiger partial charge in [-0.25, -0.2) is 0 Å². The highest BCUT2D eigenvalue weighted by Gasteiger charge is 2.14. The fourth-order valence-electron chi connectivity index (χ4n) is 1.99. The van der Waals surface area contributed by atoms with Gasteiger partial charge in [0.25, 0.3) is 5.91 Å². The summed E-state index contributed by atoms with van der Waals surface area (Å²) in [6, 6.07) is 8.64. The number of rotatable bonds is 5. The summed E-state index contributed by atoms with van der Waals surface area (Å²) in [7, 11) is 3.43. The molecule has 116 valence electrons. The Kier molecular flexibility index (Phi) is 4.93. The molecule has 0 spiro atoms. The van der Waals surface area contributed by atoms with E-state index in [1.54, 1.807) is 56.3 Å². The minimum Gasteiger partial charge on any atom is -0.350 e. The zero-order valence-corrected chi connectivity index (χ0v) is 13.0. The Balaban J connectivity index is 1.92. The molecule has 22 heavy (non-hydrogen) atoms. The maximum atomic E-state index is 12.0. The Morgan fingerprint density at radius 1 is 1.27 bits per heavy atom. The van der Waals surface area contributed by atoms with Crippen LogP contribution in [0.25, 0.3) is 0 Å². The number of amides is 2. The van der Waals surface area contributed by atoms with Crippen molar-refractivity contribution in [1.29, 1.82) is 0 Å². The second-order valence-corrected chi connectivity index (χ2v) is 5.28. The highest BCUT2D eigenvalue weighted by molar-refractivity contribution is 5.93. The van der Waals surface area contributed by atoms with E-state index < -0.39 is 0 Å². The Labute approximate surface area is 129 Å². The average molecular weight is 300 g/mol. The van der Waals surface area contributed by atoms with Crippen LogP contribution in [0.1, 0.15) is 28.9 Å². The third-order valence-corrected chi connectivity index (χ3v) is 3.37. The van der Waals surface area contributed by atoms with Crippen molar-refractivity contribution in [2.24, 2.45) is 0 Å². The maximum Gasteiger partial charge on any atom is 0.253 e. The van der Waals surface area contributed by atoms with Gasteiger partial charge in [0.15, 0.2) is 0 Å².